The van der Waals surface area contributed by atoms with Crippen molar-refractivity contribution in [3.8, 4) is 0 Å². The molecule has 0 amide bonds. The Morgan fingerprint density at radius 1 is 1.19 bits per heavy atom. The molecule has 0 radical (unpaired) electrons. The van der Waals surface area contributed by atoms with E-state index >= 15 is 0 Å². The van der Waals surface area contributed by atoms with E-state index in [0.717, 1.165) is 23.8 Å². The molecule has 2 rings (SSSR count). The molecule has 4 heteroatoms. The first-order valence-corrected chi connectivity index (χ1v) is 6.38. The van der Waals surface area contributed by atoms with Gasteiger partial charge in [-0.25, -0.2) is 0 Å². The molecule has 0 aliphatic rings. The molecule has 2 aromatic heterocycles. The number of hydrogen-bond acceptors (Lipinski definition) is 3. The van der Waals surface area contributed by atoms with E-state index in [-0.39, 0.29) is 0 Å². The third-order valence-electron chi connectivity index (χ3n) is 2.27. The van der Waals surface area contributed by atoms with Crippen molar-refractivity contribution in [2.75, 3.05) is 6.54 Å². The molecule has 0 aliphatic carbocycles. The van der Waals surface area contributed by atoms with Crippen LogP contribution in [0.1, 0.15) is 10.4 Å². The molecule has 84 valence electrons. The lowest BCUT2D eigenvalue weighted by molar-refractivity contribution is 0.693. The molecule has 0 aliphatic heterocycles. The Hall–Kier alpha value is -0.900. The van der Waals surface area contributed by atoms with Crippen molar-refractivity contribution in [3.63, 3.8) is 0 Å². The number of nitrogens with zero attached hydrogens (tertiary/aromatic N) is 1. The molecular formula is C12H13ClN2S. The van der Waals surface area contributed by atoms with Crippen LogP contribution in [0.4, 0.5) is 0 Å². The van der Waals surface area contributed by atoms with Gasteiger partial charge >= 0.3 is 0 Å². The highest BCUT2D eigenvalue weighted by atomic mass is 35.5. The minimum absolute atomic E-state index is 0.853. The van der Waals surface area contributed by atoms with Gasteiger partial charge in [0, 0.05) is 23.8 Å². The number of nitrogens with one attached hydrogen (secondary N) is 1. The Labute approximate surface area is 104 Å². The lowest BCUT2D eigenvalue weighted by Gasteiger charge is -2.02. The second kappa shape index (κ2) is 5.99. The first kappa shape index (κ1) is 11.6. The number of pyridine rings is 1. The van der Waals surface area contributed by atoms with Crippen molar-refractivity contribution >= 4 is 22.9 Å². The van der Waals surface area contributed by atoms with Gasteiger partial charge in [0.2, 0.25) is 0 Å². The smallest absolute Gasteiger partial charge is 0.0931 e. The second-order valence-electron chi connectivity index (χ2n) is 3.49. The fraction of sp³-hybridized carbons (Fsp3) is 0.250. The fourth-order valence-corrected chi connectivity index (χ4v) is 2.50. The van der Waals surface area contributed by atoms with Crippen LogP contribution in [-0.2, 0) is 13.0 Å². The van der Waals surface area contributed by atoms with E-state index in [2.05, 4.69) is 16.4 Å². The van der Waals surface area contributed by atoms with Gasteiger partial charge in [-0.1, -0.05) is 11.6 Å². The summed E-state index contributed by atoms with van der Waals surface area (Å²) in [6, 6.07) is 8.09. The zero-order valence-corrected chi connectivity index (χ0v) is 10.4. The summed E-state index contributed by atoms with van der Waals surface area (Å²) in [5, 5.41) is 3.39. The molecule has 0 saturated carbocycles. The van der Waals surface area contributed by atoms with E-state index in [1.807, 2.05) is 30.6 Å². The number of rotatable bonds is 5. The van der Waals surface area contributed by atoms with E-state index in [0.29, 0.717) is 0 Å². The van der Waals surface area contributed by atoms with Crippen molar-refractivity contribution in [2.24, 2.45) is 0 Å². The fourth-order valence-electron chi connectivity index (χ4n) is 1.44. The third kappa shape index (κ3) is 3.59. The van der Waals surface area contributed by atoms with Crippen molar-refractivity contribution in [1.29, 1.82) is 0 Å². The normalized spacial score (nSPS) is 10.6. The highest BCUT2D eigenvalue weighted by Crippen LogP contribution is 2.20. The lowest BCUT2D eigenvalue weighted by atomic mass is 10.2. The number of hydrogen-bond donors (Lipinski definition) is 1. The van der Waals surface area contributed by atoms with Gasteiger partial charge < -0.3 is 5.32 Å². The highest BCUT2D eigenvalue weighted by Gasteiger charge is 1.97. The molecule has 0 aromatic carbocycles. The van der Waals surface area contributed by atoms with Crippen LogP contribution in [-0.4, -0.2) is 11.5 Å². The zero-order chi connectivity index (χ0) is 11.2. The molecule has 2 nitrogen and oxygen atoms in total. The molecule has 2 aromatic rings. The van der Waals surface area contributed by atoms with Gasteiger partial charge in [-0.3, -0.25) is 4.98 Å². The number of halogens is 1. The SMILES string of the molecule is Clc1ccc(CNCCc2ccncc2)s1. The Balaban J connectivity index is 1.69. The van der Waals surface area contributed by atoms with E-state index in [4.69, 9.17) is 11.6 Å². The summed E-state index contributed by atoms with van der Waals surface area (Å²) in [7, 11) is 0. The Morgan fingerprint density at radius 3 is 2.69 bits per heavy atom. The maximum Gasteiger partial charge on any atom is 0.0931 e. The van der Waals surface area contributed by atoms with Crippen molar-refractivity contribution in [1.82, 2.24) is 10.3 Å². The van der Waals surface area contributed by atoms with Crippen LogP contribution in [0.15, 0.2) is 36.7 Å². The molecule has 0 saturated heterocycles. The van der Waals surface area contributed by atoms with Gasteiger partial charge in [0.15, 0.2) is 0 Å². The van der Waals surface area contributed by atoms with Crippen molar-refractivity contribution in [3.05, 3.63) is 51.4 Å². The minimum Gasteiger partial charge on any atom is -0.312 e. The van der Waals surface area contributed by atoms with E-state index < -0.39 is 0 Å². The topological polar surface area (TPSA) is 24.9 Å². The summed E-state index contributed by atoms with van der Waals surface area (Å²) in [4.78, 5) is 5.27. The number of aromatic nitrogens is 1. The van der Waals surface area contributed by atoms with Crippen LogP contribution >= 0.6 is 22.9 Å². The van der Waals surface area contributed by atoms with E-state index in [1.165, 1.54) is 10.4 Å². The molecular weight excluding hydrogens is 240 g/mol. The zero-order valence-electron chi connectivity index (χ0n) is 8.82. The number of thiophene rings is 1. The molecule has 0 spiro atoms. The first-order valence-electron chi connectivity index (χ1n) is 5.18. The largest absolute Gasteiger partial charge is 0.312 e. The predicted octanol–water partition coefficient (Wildman–Crippen LogP) is 3.13. The molecule has 0 fully saturated rings. The maximum absolute atomic E-state index is 5.85. The average Bonchev–Trinajstić information content (AvgIpc) is 2.72. The summed E-state index contributed by atoms with van der Waals surface area (Å²) in [5.41, 5.74) is 1.31. The van der Waals surface area contributed by atoms with Gasteiger partial charge in [0.1, 0.15) is 0 Å². The van der Waals surface area contributed by atoms with Crippen LogP contribution in [0.3, 0.4) is 0 Å². The monoisotopic (exact) mass is 252 g/mol. The third-order valence-corrected chi connectivity index (χ3v) is 3.50. The second-order valence-corrected chi connectivity index (χ2v) is 5.29. The average molecular weight is 253 g/mol. The van der Waals surface area contributed by atoms with Crippen LogP contribution < -0.4 is 5.32 Å². The minimum atomic E-state index is 0.853. The van der Waals surface area contributed by atoms with Gasteiger partial charge in [0.25, 0.3) is 0 Å². The highest BCUT2D eigenvalue weighted by molar-refractivity contribution is 7.16. The quantitative estimate of drug-likeness (QED) is 0.827. The van der Waals surface area contributed by atoms with Crippen molar-refractivity contribution < 1.29 is 0 Å². The van der Waals surface area contributed by atoms with Gasteiger partial charge in [0.05, 0.1) is 4.34 Å². The van der Waals surface area contributed by atoms with Crippen LogP contribution in [0.5, 0.6) is 0 Å². The van der Waals surface area contributed by atoms with E-state index in [1.54, 1.807) is 11.3 Å². The van der Waals surface area contributed by atoms with Gasteiger partial charge in [-0.2, -0.15) is 0 Å². The Bertz CT molecular complexity index is 428. The Kier molecular flexibility index (Phi) is 4.34. The van der Waals surface area contributed by atoms with Gasteiger partial charge in [-0.05, 0) is 42.8 Å². The predicted molar refractivity (Wildman–Crippen MR) is 69.0 cm³/mol. The molecule has 0 unspecified atom stereocenters. The van der Waals surface area contributed by atoms with Crippen LogP contribution in [0, 0.1) is 0 Å². The summed E-state index contributed by atoms with van der Waals surface area (Å²) in [5.74, 6) is 0. The molecule has 2 heterocycles. The molecule has 16 heavy (non-hydrogen) atoms. The molecule has 1 N–H and O–H groups in total. The van der Waals surface area contributed by atoms with Crippen LogP contribution in [0.25, 0.3) is 0 Å². The van der Waals surface area contributed by atoms with Gasteiger partial charge in [-0.15, -0.1) is 11.3 Å². The Morgan fingerprint density at radius 2 is 2.00 bits per heavy atom. The van der Waals surface area contributed by atoms with Crippen molar-refractivity contribution in [2.45, 2.75) is 13.0 Å². The lowest BCUT2D eigenvalue weighted by Crippen LogP contribution is -2.15. The molecule has 0 atom stereocenters. The maximum atomic E-state index is 5.85. The molecule has 0 bridgehead atoms. The standard InChI is InChI=1S/C12H13ClN2S/c13-12-2-1-11(16-12)9-15-8-5-10-3-6-14-7-4-10/h1-4,6-7,15H,5,8-9H2. The first-order chi connectivity index (χ1) is 7.84. The summed E-state index contributed by atoms with van der Waals surface area (Å²) >= 11 is 7.48. The summed E-state index contributed by atoms with van der Waals surface area (Å²) in [6.07, 6.45) is 4.68. The summed E-state index contributed by atoms with van der Waals surface area (Å²) in [6.45, 7) is 1.86. The summed E-state index contributed by atoms with van der Waals surface area (Å²) < 4.78 is 0.853. The van der Waals surface area contributed by atoms with E-state index in [9.17, 15) is 0 Å². The van der Waals surface area contributed by atoms with Crippen LogP contribution in [0.2, 0.25) is 4.34 Å².